The molecule has 28 heteroatoms. The second kappa shape index (κ2) is 35.8. The smallest absolute Gasteiger partial charge is 0.317 e. The lowest BCUT2D eigenvalue weighted by Gasteiger charge is -2.33. The van der Waals surface area contributed by atoms with Gasteiger partial charge in [0.2, 0.25) is 17.7 Å². The van der Waals surface area contributed by atoms with Crippen molar-refractivity contribution in [3.8, 4) is 11.8 Å². The predicted molar refractivity (Wildman–Crippen MR) is 317 cm³/mol. The Labute approximate surface area is 500 Å². The van der Waals surface area contributed by atoms with Crippen LogP contribution in [0.5, 0.6) is 5.75 Å². The first-order chi connectivity index (χ1) is 41.6. The van der Waals surface area contributed by atoms with Crippen molar-refractivity contribution in [2.24, 2.45) is 21.2 Å². The average Bonchev–Trinajstić information content (AvgIpc) is 3.85. The number of hydrogen-bond acceptors (Lipinski definition) is 22. The summed E-state index contributed by atoms with van der Waals surface area (Å²) in [6.07, 6.45) is 10.1. The molecule has 3 aromatic rings. The van der Waals surface area contributed by atoms with Gasteiger partial charge >= 0.3 is 5.97 Å². The van der Waals surface area contributed by atoms with Crippen molar-refractivity contribution >= 4 is 72.1 Å². The van der Waals surface area contributed by atoms with Gasteiger partial charge in [-0.1, -0.05) is 29.8 Å². The predicted octanol–water partition coefficient (Wildman–Crippen LogP) is 1.09. The normalized spacial score (nSPS) is 19.3. The number of nitriles is 1. The minimum atomic E-state index is -1.67. The van der Waals surface area contributed by atoms with Crippen LogP contribution in [-0.2, 0) is 38.2 Å². The first-order valence-corrected chi connectivity index (χ1v) is 28.9. The van der Waals surface area contributed by atoms with Gasteiger partial charge in [-0.15, -0.1) is 0 Å². The van der Waals surface area contributed by atoms with Crippen LogP contribution in [0, 0.1) is 24.2 Å². The Kier molecular flexibility index (Phi) is 27.8. The molecule has 0 spiro atoms. The molecule has 2 aromatic carbocycles. The molecule has 0 bridgehead atoms. The molecule has 1 unspecified atom stereocenters. The maximum atomic E-state index is 14.6. The number of carbonyl (C=O) groups is 7. The van der Waals surface area contributed by atoms with Gasteiger partial charge in [-0.25, -0.2) is 4.39 Å². The number of nitrogens with zero attached hydrogens (tertiary/aromatic N) is 11. The van der Waals surface area contributed by atoms with Gasteiger partial charge in [0, 0.05) is 115 Å². The summed E-state index contributed by atoms with van der Waals surface area (Å²) in [6.45, 7) is 8.41. The van der Waals surface area contributed by atoms with E-state index < -0.39 is 35.5 Å². The molecule has 27 nitrogen and oxygen atoms in total. The number of amides is 4. The molecule has 6 rings (SSSR count). The maximum absolute atomic E-state index is 14.6. The fraction of sp³-hybridized carbons (Fsp3) is 0.552. The lowest BCUT2D eigenvalue weighted by molar-refractivity contribution is -0.139. The number of hydrazone groups is 3. The second-order valence-electron chi connectivity index (χ2n) is 21.6. The van der Waals surface area contributed by atoms with E-state index in [1.165, 1.54) is 13.1 Å². The van der Waals surface area contributed by atoms with Gasteiger partial charge in [-0.05, 0) is 75.3 Å². The van der Waals surface area contributed by atoms with Gasteiger partial charge in [0.25, 0.3) is 18.9 Å². The molecule has 3 aliphatic heterocycles. The van der Waals surface area contributed by atoms with Crippen molar-refractivity contribution in [3.63, 3.8) is 0 Å². The number of rotatable bonds is 31. The Hall–Kier alpha value is -8.39. The minimum Gasteiger partial charge on any atom is -0.494 e. The summed E-state index contributed by atoms with van der Waals surface area (Å²) in [4.78, 5) is 102. The molecule has 0 aliphatic carbocycles. The highest BCUT2D eigenvalue weighted by molar-refractivity contribution is 6.07. The van der Waals surface area contributed by atoms with Crippen LogP contribution in [0.1, 0.15) is 73.4 Å². The molecule has 3 fully saturated rings. The number of halogens is 1. The van der Waals surface area contributed by atoms with Crippen molar-refractivity contribution in [1.29, 1.82) is 5.26 Å². The van der Waals surface area contributed by atoms with Gasteiger partial charge in [0.1, 0.15) is 37.6 Å². The number of benzene rings is 2. The molecule has 86 heavy (non-hydrogen) atoms. The summed E-state index contributed by atoms with van der Waals surface area (Å²) in [6, 6.07) is 15.2. The van der Waals surface area contributed by atoms with Crippen LogP contribution in [0.2, 0.25) is 0 Å². The highest BCUT2D eigenvalue weighted by Crippen LogP contribution is 2.30. The lowest BCUT2D eigenvalue weighted by atomic mass is 9.92. The summed E-state index contributed by atoms with van der Waals surface area (Å²) >= 11 is 0. The molecule has 4 heterocycles. The first-order valence-electron chi connectivity index (χ1n) is 28.9. The third kappa shape index (κ3) is 23.6. The van der Waals surface area contributed by atoms with Crippen LogP contribution in [0.15, 0.2) is 70.0 Å². The average molecular weight is 1200 g/mol. The van der Waals surface area contributed by atoms with E-state index in [0.717, 1.165) is 41.7 Å². The number of alkyl halides is 1. The number of aliphatic carboxylic acids is 1. The van der Waals surface area contributed by atoms with Crippen LogP contribution in [0.4, 0.5) is 4.39 Å². The van der Waals surface area contributed by atoms with Gasteiger partial charge in [-0.3, -0.25) is 69.0 Å². The van der Waals surface area contributed by atoms with Crippen molar-refractivity contribution in [3.05, 3.63) is 71.4 Å². The maximum Gasteiger partial charge on any atom is 0.317 e. The Morgan fingerprint density at radius 2 is 1.51 bits per heavy atom. The SMILES string of the molecule is Cc1ccc(/C=N/NCN/N=C/C[C@@H](/C=N\NCCC(=O)N2CCC(CCCOc3ccc4nccc(C(=O)NCC(=O)N5CC(C)(F)C[C@@H]5C#N)c4c3)CC2)NC(=O)CN2CCN(COC=O)CCN(COC=O)CCN(CC(=O)O)CC2)cc1. The molecule has 0 saturated carbocycles. The van der Waals surface area contributed by atoms with Crippen molar-refractivity contribution in [1.82, 2.24) is 61.3 Å². The van der Waals surface area contributed by atoms with Crippen LogP contribution >= 0.6 is 0 Å². The second-order valence-corrected chi connectivity index (χ2v) is 21.6. The number of fused-ring (bicyclic) bond motifs is 1. The molecule has 0 radical (unpaired) electrons. The van der Waals surface area contributed by atoms with Gasteiger partial charge in [0.05, 0.1) is 62.2 Å². The number of likely N-dealkylation sites (tertiary alicyclic amines) is 2. The number of ether oxygens (including phenoxy) is 3. The molecule has 3 atom stereocenters. The van der Waals surface area contributed by atoms with E-state index in [0.29, 0.717) is 113 Å². The number of pyridine rings is 1. The third-order valence-electron chi connectivity index (χ3n) is 14.8. The molecule has 1 aromatic heterocycles. The third-order valence-corrected chi connectivity index (χ3v) is 14.8. The molecule has 6 N–H and O–H groups in total. The highest BCUT2D eigenvalue weighted by Gasteiger charge is 2.43. The standard InChI is InChI=1S/C58H81FN16O11/c1-44-5-7-46(8-6-44)33-65-68-39-67-64-17-11-47(69-53(78)36-70-21-22-71(37-56(81)82)24-26-73(41-85-43-77)28-27-72(25-23-70)40-84-42-76)34-66-63-18-13-54(79)74-19-14-45(15-20-74)4-3-29-86-49-9-10-52-51(30-49)50(12-16-61-52)57(83)62-35-55(80)75-38-58(2,59)31-48(75)32-60/h5-10,12,16-17,30,33-34,42-43,45,47-48,63,67-68H,3-4,11,13-15,18-29,31,35-41H2,1-2H3,(H,62,83)(H,69,78)(H,81,82)/b64-17+,65-33+,66-34-/t47-,48+,58?/m0/s1. The summed E-state index contributed by atoms with van der Waals surface area (Å²) < 4.78 is 30.7. The van der Waals surface area contributed by atoms with Crippen molar-refractivity contribution < 1.29 is 57.3 Å². The van der Waals surface area contributed by atoms with Crippen LogP contribution in [-0.4, -0.2) is 243 Å². The molecule has 3 aliphatic rings. The summed E-state index contributed by atoms with van der Waals surface area (Å²) in [5.41, 5.74) is 9.98. The summed E-state index contributed by atoms with van der Waals surface area (Å²) in [7, 11) is 0. The van der Waals surface area contributed by atoms with Gasteiger partial charge in [-0.2, -0.15) is 20.6 Å². The number of carboxylic acids is 1. The summed E-state index contributed by atoms with van der Waals surface area (Å²) in [5, 5.41) is 38.1. The van der Waals surface area contributed by atoms with E-state index in [1.54, 1.807) is 47.8 Å². The number of carboxylic acid groups (broad SMARTS) is 1. The molecule has 4 amide bonds. The lowest BCUT2D eigenvalue weighted by Crippen LogP contribution is -2.50. The number of nitrogens with one attached hydrogen (secondary N) is 5. The Morgan fingerprint density at radius 1 is 0.849 bits per heavy atom. The molecule has 466 valence electrons. The number of carbonyl (C=O) groups excluding carboxylic acids is 6. The minimum absolute atomic E-state index is 0.00226. The van der Waals surface area contributed by atoms with E-state index in [9.17, 15) is 48.3 Å². The van der Waals surface area contributed by atoms with Crippen LogP contribution < -0.4 is 31.6 Å². The summed E-state index contributed by atoms with van der Waals surface area (Å²) in [5.74, 6) is -1.43. The van der Waals surface area contributed by atoms with E-state index in [2.05, 4.69) is 47.2 Å². The number of piperidine rings is 1. The number of hydrogen-bond donors (Lipinski definition) is 6. The van der Waals surface area contributed by atoms with Gasteiger partial charge in [0.15, 0.2) is 0 Å². The van der Waals surface area contributed by atoms with Gasteiger partial charge < -0.3 is 45.2 Å². The zero-order valence-corrected chi connectivity index (χ0v) is 49.0. The number of aryl methyl sites for hydroxylation is 1. The molecule has 3 saturated heterocycles. The fourth-order valence-corrected chi connectivity index (χ4v) is 10.1. The quantitative estimate of drug-likeness (QED) is 0.0173. The number of aromatic nitrogens is 1. The highest BCUT2D eigenvalue weighted by atomic mass is 19.1. The van der Waals surface area contributed by atoms with Crippen molar-refractivity contribution in [2.75, 3.05) is 125 Å². The monoisotopic (exact) mass is 1200 g/mol. The first kappa shape index (κ1) is 66.7. The zero-order chi connectivity index (χ0) is 61.5. The Morgan fingerprint density at radius 3 is 2.17 bits per heavy atom. The van der Waals surface area contributed by atoms with E-state index in [4.69, 9.17) is 14.2 Å². The molecular formula is C58H81FN16O11. The Balaban J connectivity index is 0.952. The Bertz CT molecular complexity index is 2810. The zero-order valence-electron chi connectivity index (χ0n) is 49.0. The van der Waals surface area contributed by atoms with E-state index >= 15 is 0 Å². The van der Waals surface area contributed by atoms with Crippen LogP contribution in [0.25, 0.3) is 10.9 Å². The molecular weight excluding hydrogens is 1120 g/mol. The van der Waals surface area contributed by atoms with E-state index in [1.807, 2.05) is 56.9 Å². The van der Waals surface area contributed by atoms with Crippen LogP contribution in [0.3, 0.4) is 0 Å². The topological polar surface area (TPSA) is 321 Å². The van der Waals surface area contributed by atoms with E-state index in [-0.39, 0.29) is 83.9 Å². The fourth-order valence-electron chi connectivity index (χ4n) is 10.1. The largest absolute Gasteiger partial charge is 0.494 e. The van der Waals surface area contributed by atoms with Crippen molar-refractivity contribution in [2.45, 2.75) is 76.5 Å².